The van der Waals surface area contributed by atoms with Crippen LogP contribution in [0, 0.1) is 19.7 Å². The van der Waals surface area contributed by atoms with Gasteiger partial charge in [0.2, 0.25) is 0 Å². The molecule has 1 heterocycles. The van der Waals surface area contributed by atoms with Gasteiger partial charge in [-0.25, -0.2) is 4.39 Å². The lowest BCUT2D eigenvalue weighted by molar-refractivity contribution is -0.0533. The molecule has 2 aromatic carbocycles. The molecular formula is C21H23ClFNO3. The average Bonchev–Trinajstić information content (AvgIpc) is 2.64. The van der Waals surface area contributed by atoms with Crippen molar-refractivity contribution in [3.05, 3.63) is 63.9 Å². The van der Waals surface area contributed by atoms with Gasteiger partial charge in [-0.3, -0.25) is 4.79 Å². The predicted octanol–water partition coefficient (Wildman–Crippen LogP) is 4.14. The van der Waals surface area contributed by atoms with E-state index >= 15 is 0 Å². The molecule has 0 saturated carbocycles. The number of nitrogens with zero attached hydrogens (tertiary/aromatic N) is 1. The molecule has 2 aromatic rings. The van der Waals surface area contributed by atoms with E-state index in [9.17, 15) is 14.3 Å². The smallest absolute Gasteiger partial charge is 0.256 e. The van der Waals surface area contributed by atoms with Crippen LogP contribution in [0.15, 0.2) is 36.4 Å². The minimum atomic E-state index is -1.18. The molecule has 1 saturated heterocycles. The van der Waals surface area contributed by atoms with Crippen molar-refractivity contribution < 1.29 is 19.0 Å². The number of aliphatic hydroxyl groups is 1. The third-order valence-electron chi connectivity index (χ3n) is 4.86. The minimum Gasteiger partial charge on any atom is -0.491 e. The lowest BCUT2D eigenvalue weighted by Gasteiger charge is -2.39. The van der Waals surface area contributed by atoms with Crippen LogP contribution >= 0.6 is 11.6 Å². The van der Waals surface area contributed by atoms with Gasteiger partial charge < -0.3 is 14.7 Å². The van der Waals surface area contributed by atoms with E-state index in [1.165, 1.54) is 17.0 Å². The van der Waals surface area contributed by atoms with Gasteiger partial charge in [0.1, 0.15) is 23.8 Å². The van der Waals surface area contributed by atoms with Gasteiger partial charge in [0.15, 0.2) is 0 Å². The normalized spacial score (nSPS) is 19.8. The molecule has 3 rings (SSSR count). The summed E-state index contributed by atoms with van der Waals surface area (Å²) in [6.07, 6.45) is 1.14. The minimum absolute atomic E-state index is 0.0200. The molecule has 1 atom stereocenters. The molecule has 144 valence electrons. The Morgan fingerprint density at radius 2 is 1.96 bits per heavy atom. The summed E-state index contributed by atoms with van der Waals surface area (Å²) in [5.41, 5.74) is 0.643. The van der Waals surface area contributed by atoms with Gasteiger partial charge in [0.05, 0.1) is 12.1 Å². The van der Waals surface area contributed by atoms with Crippen LogP contribution in [0.3, 0.4) is 0 Å². The Balaban J connectivity index is 1.69. The summed E-state index contributed by atoms with van der Waals surface area (Å²) < 4.78 is 19.7. The number of carbonyl (C=O) groups excluding carboxylic acids is 1. The first-order valence-corrected chi connectivity index (χ1v) is 9.33. The van der Waals surface area contributed by atoms with Crippen molar-refractivity contribution in [1.29, 1.82) is 0 Å². The summed E-state index contributed by atoms with van der Waals surface area (Å²) >= 11 is 6.17. The summed E-state index contributed by atoms with van der Waals surface area (Å²) in [6, 6.07) is 9.54. The lowest BCUT2D eigenvalue weighted by Crippen LogP contribution is -2.53. The quantitative estimate of drug-likeness (QED) is 0.852. The Morgan fingerprint density at radius 1 is 1.30 bits per heavy atom. The fourth-order valence-corrected chi connectivity index (χ4v) is 3.52. The Kier molecular flexibility index (Phi) is 5.72. The van der Waals surface area contributed by atoms with E-state index in [1.807, 2.05) is 26.0 Å². The number of β-amino-alcohol motifs (C(OH)–C–C–N with tert-alkyl or cyclic N) is 1. The maximum absolute atomic E-state index is 13.9. The van der Waals surface area contributed by atoms with Gasteiger partial charge in [-0.2, -0.15) is 0 Å². The van der Waals surface area contributed by atoms with Crippen LogP contribution in [0.25, 0.3) is 0 Å². The molecule has 1 unspecified atom stereocenters. The molecule has 6 heteroatoms. The number of hydrogen-bond donors (Lipinski definition) is 1. The first kappa shape index (κ1) is 19.6. The molecule has 4 nitrogen and oxygen atoms in total. The monoisotopic (exact) mass is 391 g/mol. The SMILES string of the molecule is Cc1cc(OCC2(O)CCCN(C(=O)c3ccccc3F)C2)cc(C)c1Cl. The number of halogens is 2. The highest BCUT2D eigenvalue weighted by Gasteiger charge is 2.36. The van der Waals surface area contributed by atoms with Crippen LogP contribution in [0.4, 0.5) is 4.39 Å². The second kappa shape index (κ2) is 7.87. The van der Waals surface area contributed by atoms with Gasteiger partial charge in [-0.15, -0.1) is 0 Å². The zero-order valence-electron chi connectivity index (χ0n) is 15.5. The second-order valence-electron chi connectivity index (χ2n) is 7.19. The van der Waals surface area contributed by atoms with E-state index < -0.39 is 17.3 Å². The molecule has 1 aliphatic heterocycles. The van der Waals surface area contributed by atoms with Crippen LogP contribution in [-0.4, -0.2) is 41.2 Å². The molecule has 1 fully saturated rings. The standard InChI is InChI=1S/C21H23ClFNO3/c1-14-10-16(11-15(2)19(14)22)27-13-21(26)8-5-9-24(12-21)20(25)17-6-3-4-7-18(17)23/h3-4,6-7,10-11,26H,5,8-9,12-13H2,1-2H3. The van der Waals surface area contributed by atoms with Crippen LogP contribution in [0.5, 0.6) is 5.75 Å². The van der Waals surface area contributed by atoms with E-state index in [-0.39, 0.29) is 18.7 Å². The summed E-state index contributed by atoms with van der Waals surface area (Å²) in [5, 5.41) is 11.6. The molecule has 27 heavy (non-hydrogen) atoms. The predicted molar refractivity (Wildman–Crippen MR) is 103 cm³/mol. The van der Waals surface area contributed by atoms with Gasteiger partial charge in [0.25, 0.3) is 5.91 Å². The zero-order chi connectivity index (χ0) is 19.6. The highest BCUT2D eigenvalue weighted by molar-refractivity contribution is 6.32. The highest BCUT2D eigenvalue weighted by Crippen LogP contribution is 2.28. The molecule has 1 N–H and O–H groups in total. The van der Waals surface area contributed by atoms with Crippen molar-refractivity contribution in [2.45, 2.75) is 32.3 Å². The number of hydrogen-bond acceptors (Lipinski definition) is 3. The summed E-state index contributed by atoms with van der Waals surface area (Å²) in [4.78, 5) is 14.1. The van der Waals surface area contributed by atoms with E-state index in [1.54, 1.807) is 12.1 Å². The molecule has 1 aliphatic rings. The van der Waals surface area contributed by atoms with E-state index in [4.69, 9.17) is 16.3 Å². The maximum Gasteiger partial charge on any atom is 0.256 e. The number of amides is 1. The Bertz CT molecular complexity index is 834. The van der Waals surface area contributed by atoms with E-state index in [0.29, 0.717) is 30.2 Å². The second-order valence-corrected chi connectivity index (χ2v) is 7.57. The largest absolute Gasteiger partial charge is 0.491 e. The van der Waals surface area contributed by atoms with Crippen molar-refractivity contribution in [1.82, 2.24) is 4.90 Å². The van der Waals surface area contributed by atoms with Crippen molar-refractivity contribution in [2.24, 2.45) is 0 Å². The lowest BCUT2D eigenvalue weighted by atomic mass is 9.93. The first-order valence-electron chi connectivity index (χ1n) is 8.95. The maximum atomic E-state index is 13.9. The number of rotatable bonds is 4. The Morgan fingerprint density at radius 3 is 2.63 bits per heavy atom. The fraction of sp³-hybridized carbons (Fsp3) is 0.381. The molecule has 0 radical (unpaired) electrons. The Hall–Kier alpha value is -2.11. The third kappa shape index (κ3) is 4.42. The number of aryl methyl sites for hydroxylation is 2. The van der Waals surface area contributed by atoms with E-state index in [2.05, 4.69) is 0 Å². The highest BCUT2D eigenvalue weighted by atomic mass is 35.5. The van der Waals surface area contributed by atoms with Gasteiger partial charge >= 0.3 is 0 Å². The molecule has 0 spiro atoms. The van der Waals surface area contributed by atoms with Gasteiger partial charge in [-0.1, -0.05) is 23.7 Å². The zero-order valence-corrected chi connectivity index (χ0v) is 16.2. The van der Waals surface area contributed by atoms with Gasteiger partial charge in [0, 0.05) is 11.6 Å². The van der Waals surface area contributed by atoms with Crippen LogP contribution in [-0.2, 0) is 0 Å². The van der Waals surface area contributed by atoms with Crippen molar-refractivity contribution >= 4 is 17.5 Å². The topological polar surface area (TPSA) is 49.8 Å². The van der Waals surface area contributed by atoms with Gasteiger partial charge in [-0.05, 0) is 62.1 Å². The van der Waals surface area contributed by atoms with Crippen LogP contribution in [0.2, 0.25) is 5.02 Å². The summed E-state index contributed by atoms with van der Waals surface area (Å²) in [6.45, 7) is 4.42. The third-order valence-corrected chi connectivity index (χ3v) is 5.46. The van der Waals surface area contributed by atoms with Crippen molar-refractivity contribution in [2.75, 3.05) is 19.7 Å². The molecule has 0 bridgehead atoms. The molecule has 0 aliphatic carbocycles. The fourth-order valence-electron chi connectivity index (χ4n) is 3.42. The molecule has 1 amide bonds. The number of ether oxygens (including phenoxy) is 1. The van der Waals surface area contributed by atoms with Crippen LogP contribution in [0.1, 0.15) is 34.3 Å². The van der Waals surface area contributed by atoms with Crippen molar-refractivity contribution in [3.63, 3.8) is 0 Å². The first-order chi connectivity index (χ1) is 12.8. The van der Waals surface area contributed by atoms with Crippen molar-refractivity contribution in [3.8, 4) is 5.75 Å². The number of carbonyl (C=O) groups is 1. The number of piperidine rings is 1. The molecular weight excluding hydrogens is 369 g/mol. The Labute approximate surface area is 163 Å². The van der Waals surface area contributed by atoms with E-state index in [0.717, 1.165) is 11.1 Å². The summed E-state index contributed by atoms with van der Waals surface area (Å²) in [5.74, 6) is -0.343. The number of benzene rings is 2. The number of likely N-dealkylation sites (tertiary alicyclic amines) is 1. The summed E-state index contributed by atoms with van der Waals surface area (Å²) in [7, 11) is 0. The molecule has 0 aromatic heterocycles. The average molecular weight is 392 g/mol. The van der Waals surface area contributed by atoms with Crippen LogP contribution < -0.4 is 4.74 Å².